The van der Waals surface area contributed by atoms with Gasteiger partial charge in [0, 0.05) is 18.7 Å². The molecule has 0 saturated heterocycles. The first-order valence-electron chi connectivity index (χ1n) is 8.79. The Bertz CT molecular complexity index is 836. The number of hydrogen-bond donors (Lipinski definition) is 0. The van der Waals surface area contributed by atoms with Gasteiger partial charge in [-0.25, -0.2) is 4.39 Å². The zero-order valence-corrected chi connectivity index (χ0v) is 16.2. The molecule has 3 rings (SSSR count). The molecular formula is C21H22ClF4NO. The number of ether oxygens (including phenoxy) is 1. The topological polar surface area (TPSA) is 12.5 Å². The molecule has 28 heavy (non-hydrogen) atoms. The van der Waals surface area contributed by atoms with Crippen LogP contribution in [0.2, 0.25) is 0 Å². The van der Waals surface area contributed by atoms with Crippen LogP contribution in [0.4, 0.5) is 17.6 Å². The molecule has 0 bridgehead atoms. The molecule has 0 aromatic heterocycles. The molecule has 0 fully saturated rings. The van der Waals surface area contributed by atoms with Crippen LogP contribution in [0.5, 0.6) is 5.75 Å². The molecular weight excluding hydrogens is 394 g/mol. The van der Waals surface area contributed by atoms with E-state index in [-0.39, 0.29) is 18.0 Å². The number of nitrogens with zero attached hydrogens (tertiary/aromatic N) is 1. The van der Waals surface area contributed by atoms with Crippen molar-refractivity contribution in [1.29, 1.82) is 0 Å². The van der Waals surface area contributed by atoms with Crippen molar-refractivity contribution >= 4 is 18.5 Å². The fraction of sp³-hybridized carbons (Fsp3) is 0.333. The molecule has 0 unspecified atom stereocenters. The monoisotopic (exact) mass is 415 g/mol. The lowest BCUT2D eigenvalue weighted by atomic mass is 10.0. The van der Waals surface area contributed by atoms with Crippen molar-refractivity contribution in [3.63, 3.8) is 0 Å². The molecule has 2 aromatic carbocycles. The van der Waals surface area contributed by atoms with Crippen LogP contribution in [0.3, 0.4) is 0 Å². The molecule has 1 aliphatic rings. The normalized spacial score (nSPS) is 13.9. The van der Waals surface area contributed by atoms with Gasteiger partial charge >= 0.3 is 6.18 Å². The highest BCUT2D eigenvalue weighted by molar-refractivity contribution is 5.85. The summed E-state index contributed by atoms with van der Waals surface area (Å²) in [6, 6.07) is 8.77. The molecule has 1 heterocycles. The van der Waals surface area contributed by atoms with Gasteiger partial charge in [-0.05, 0) is 49.2 Å². The van der Waals surface area contributed by atoms with Crippen molar-refractivity contribution in [2.24, 2.45) is 0 Å². The zero-order chi connectivity index (χ0) is 19.4. The Morgan fingerprint density at radius 3 is 2.64 bits per heavy atom. The third-order valence-corrected chi connectivity index (χ3v) is 4.47. The van der Waals surface area contributed by atoms with Crippen LogP contribution >= 0.6 is 12.4 Å². The summed E-state index contributed by atoms with van der Waals surface area (Å²) in [5.41, 5.74) is 1.50. The third kappa shape index (κ3) is 5.72. The quantitative estimate of drug-likeness (QED) is 0.578. The van der Waals surface area contributed by atoms with Crippen LogP contribution in [0.15, 0.2) is 42.5 Å². The van der Waals surface area contributed by atoms with Gasteiger partial charge in [0.1, 0.15) is 11.6 Å². The first kappa shape index (κ1) is 22.2. The maximum absolute atomic E-state index is 13.8. The van der Waals surface area contributed by atoms with Crippen molar-refractivity contribution in [1.82, 2.24) is 4.90 Å². The summed E-state index contributed by atoms with van der Waals surface area (Å²) in [6.07, 6.45) is 0.773. The number of fused-ring (bicyclic) bond motifs is 1. The summed E-state index contributed by atoms with van der Waals surface area (Å²) >= 11 is 0. The summed E-state index contributed by atoms with van der Waals surface area (Å²) in [6.45, 7) is 1.97. The van der Waals surface area contributed by atoms with Crippen molar-refractivity contribution in [2.45, 2.75) is 25.6 Å². The second-order valence-corrected chi connectivity index (χ2v) is 6.73. The highest BCUT2D eigenvalue weighted by Crippen LogP contribution is 2.30. The number of aryl methyl sites for hydroxylation is 1. The molecule has 7 heteroatoms. The molecule has 2 aromatic rings. The lowest BCUT2D eigenvalue weighted by Crippen LogP contribution is -2.18. The van der Waals surface area contributed by atoms with E-state index in [0.717, 1.165) is 42.9 Å². The Balaban J connectivity index is 0.00000280. The Labute approximate surface area is 168 Å². The largest absolute Gasteiger partial charge is 0.493 e. The van der Waals surface area contributed by atoms with Gasteiger partial charge in [-0.2, -0.15) is 13.2 Å². The molecule has 0 N–H and O–H groups in total. The van der Waals surface area contributed by atoms with E-state index in [4.69, 9.17) is 4.74 Å². The minimum absolute atomic E-state index is 0. The fourth-order valence-corrected chi connectivity index (χ4v) is 3.06. The molecule has 0 aliphatic carbocycles. The van der Waals surface area contributed by atoms with Gasteiger partial charge in [0.15, 0.2) is 0 Å². The van der Waals surface area contributed by atoms with Crippen molar-refractivity contribution in [2.75, 3.05) is 20.2 Å². The summed E-state index contributed by atoms with van der Waals surface area (Å²) in [5.74, 6) is 0.0603. The Morgan fingerprint density at radius 1 is 1.14 bits per heavy atom. The molecule has 0 saturated carbocycles. The number of halogens is 5. The van der Waals surface area contributed by atoms with Crippen LogP contribution in [-0.2, 0) is 19.1 Å². The first-order chi connectivity index (χ1) is 12.8. The maximum Gasteiger partial charge on any atom is 0.416 e. The Kier molecular flexibility index (Phi) is 7.49. The van der Waals surface area contributed by atoms with E-state index < -0.39 is 17.6 Å². The predicted octanol–water partition coefficient (Wildman–Crippen LogP) is 5.74. The summed E-state index contributed by atoms with van der Waals surface area (Å²) < 4.78 is 57.2. The molecule has 0 spiro atoms. The lowest BCUT2D eigenvalue weighted by molar-refractivity contribution is -0.137. The molecule has 0 radical (unpaired) electrons. The SMILES string of the molecule is CN(C/C=C/c1ccc(C(F)(F)F)cc1F)Cc1ccc2c(c1)OCCC2.Cl. The van der Waals surface area contributed by atoms with Gasteiger partial charge in [-0.3, -0.25) is 4.90 Å². The second-order valence-electron chi connectivity index (χ2n) is 6.73. The fourth-order valence-electron chi connectivity index (χ4n) is 3.06. The predicted molar refractivity (Wildman–Crippen MR) is 104 cm³/mol. The number of hydrogen-bond acceptors (Lipinski definition) is 2. The highest BCUT2D eigenvalue weighted by atomic mass is 35.5. The van der Waals surface area contributed by atoms with Crippen LogP contribution in [-0.4, -0.2) is 25.1 Å². The van der Waals surface area contributed by atoms with Gasteiger partial charge in [0.05, 0.1) is 12.2 Å². The number of likely N-dealkylation sites (N-methyl/N-ethyl adjacent to an activating group) is 1. The minimum Gasteiger partial charge on any atom is -0.493 e. The van der Waals surface area contributed by atoms with Crippen LogP contribution < -0.4 is 4.74 Å². The van der Waals surface area contributed by atoms with E-state index >= 15 is 0 Å². The standard InChI is InChI=1S/C21H21F4NO.ClH/c1-26(14-15-6-7-17-5-3-11-27-20(17)12-15)10-2-4-16-8-9-18(13-19(16)22)21(23,24)25;/h2,4,6-9,12-13H,3,5,10-11,14H2,1H3;1H/b4-2+;. The van der Waals surface area contributed by atoms with E-state index in [1.54, 1.807) is 6.08 Å². The van der Waals surface area contributed by atoms with E-state index in [9.17, 15) is 17.6 Å². The smallest absolute Gasteiger partial charge is 0.416 e. The van der Waals surface area contributed by atoms with Crippen LogP contribution in [0.25, 0.3) is 6.08 Å². The minimum atomic E-state index is -4.54. The summed E-state index contributed by atoms with van der Waals surface area (Å²) in [5, 5.41) is 0. The van der Waals surface area contributed by atoms with E-state index in [2.05, 4.69) is 12.1 Å². The highest BCUT2D eigenvalue weighted by Gasteiger charge is 2.30. The average Bonchev–Trinajstić information content (AvgIpc) is 2.62. The van der Waals surface area contributed by atoms with Crippen molar-refractivity contribution in [3.8, 4) is 5.75 Å². The number of rotatable bonds is 5. The van der Waals surface area contributed by atoms with Gasteiger partial charge in [0.25, 0.3) is 0 Å². The van der Waals surface area contributed by atoms with Gasteiger partial charge in [0.2, 0.25) is 0 Å². The Morgan fingerprint density at radius 2 is 1.93 bits per heavy atom. The molecule has 0 atom stereocenters. The summed E-state index contributed by atoms with van der Waals surface area (Å²) in [4.78, 5) is 2.03. The van der Waals surface area contributed by atoms with Gasteiger partial charge in [-0.15, -0.1) is 12.4 Å². The van der Waals surface area contributed by atoms with E-state index in [0.29, 0.717) is 19.2 Å². The van der Waals surface area contributed by atoms with Crippen molar-refractivity contribution < 1.29 is 22.3 Å². The number of alkyl halides is 3. The van der Waals surface area contributed by atoms with Crippen LogP contribution in [0.1, 0.15) is 28.7 Å². The third-order valence-electron chi connectivity index (χ3n) is 4.47. The van der Waals surface area contributed by atoms with E-state index in [1.165, 1.54) is 11.6 Å². The first-order valence-corrected chi connectivity index (χ1v) is 8.79. The van der Waals surface area contributed by atoms with Gasteiger partial charge < -0.3 is 4.74 Å². The maximum atomic E-state index is 13.8. The van der Waals surface area contributed by atoms with Crippen molar-refractivity contribution in [3.05, 3.63) is 70.5 Å². The second kappa shape index (κ2) is 9.43. The summed E-state index contributed by atoms with van der Waals surface area (Å²) in [7, 11) is 1.92. The molecule has 1 aliphatic heterocycles. The van der Waals surface area contributed by atoms with Crippen LogP contribution in [0, 0.1) is 5.82 Å². The molecule has 152 valence electrons. The number of benzene rings is 2. The average molecular weight is 416 g/mol. The zero-order valence-electron chi connectivity index (χ0n) is 15.4. The van der Waals surface area contributed by atoms with Gasteiger partial charge in [-0.1, -0.05) is 30.4 Å². The van der Waals surface area contributed by atoms with E-state index in [1.807, 2.05) is 18.0 Å². The molecule has 0 amide bonds. The molecule has 2 nitrogen and oxygen atoms in total. The Hall–Kier alpha value is -2.05. The lowest BCUT2D eigenvalue weighted by Gasteiger charge is -2.20.